The molecule has 7 aromatic rings. The predicted octanol–water partition coefficient (Wildman–Crippen LogP) is 14.4. The molecular formula is C52H51N. The van der Waals surface area contributed by atoms with Crippen molar-refractivity contribution in [1.29, 1.82) is 0 Å². The van der Waals surface area contributed by atoms with Gasteiger partial charge in [-0.2, -0.15) is 0 Å². The second-order valence-corrected chi connectivity index (χ2v) is 16.2. The van der Waals surface area contributed by atoms with Crippen molar-refractivity contribution in [2.24, 2.45) is 0 Å². The average molecular weight is 690 g/mol. The largest absolute Gasteiger partial charge is 0.310 e. The molecular weight excluding hydrogens is 639 g/mol. The lowest BCUT2D eigenvalue weighted by molar-refractivity contribution is 0.590. The number of benzene rings is 7. The van der Waals surface area contributed by atoms with E-state index in [1.165, 1.54) is 55.6 Å². The minimum atomic E-state index is -0.504. The standard InChI is InChI=1S/C51H47N.CH4/c1-49(2,3)37-26-30-41(31-27-37)52(42-32-28-38(29-33-42)50(4,5)6)48-35-47-45(34-44(48)36-18-10-7-11-19-36)43-24-16-17-25-46(43)51(47,39-20-12-8-13-21-39)40-22-14-9-15-23-40;/h7-35H,1-6H3;1H4. The highest BCUT2D eigenvalue weighted by Gasteiger charge is 2.46. The van der Waals surface area contributed by atoms with Crippen LogP contribution in [0.5, 0.6) is 0 Å². The van der Waals surface area contributed by atoms with Gasteiger partial charge in [0, 0.05) is 16.9 Å². The van der Waals surface area contributed by atoms with Crippen molar-refractivity contribution < 1.29 is 0 Å². The molecule has 0 atom stereocenters. The molecule has 1 heteroatoms. The summed E-state index contributed by atoms with van der Waals surface area (Å²) in [7, 11) is 0. The highest BCUT2D eigenvalue weighted by Crippen LogP contribution is 2.58. The molecule has 0 spiro atoms. The van der Waals surface area contributed by atoms with Crippen molar-refractivity contribution in [2.45, 2.75) is 65.2 Å². The Morgan fingerprint density at radius 1 is 0.396 bits per heavy atom. The monoisotopic (exact) mass is 689 g/mol. The van der Waals surface area contributed by atoms with Gasteiger partial charge in [-0.15, -0.1) is 0 Å². The van der Waals surface area contributed by atoms with Gasteiger partial charge in [0.2, 0.25) is 0 Å². The van der Waals surface area contributed by atoms with Gasteiger partial charge in [0.05, 0.1) is 11.1 Å². The van der Waals surface area contributed by atoms with Gasteiger partial charge >= 0.3 is 0 Å². The van der Waals surface area contributed by atoms with Crippen LogP contribution in [0.25, 0.3) is 22.3 Å². The zero-order valence-electron chi connectivity index (χ0n) is 31.2. The number of fused-ring (bicyclic) bond motifs is 3. The molecule has 264 valence electrons. The molecule has 0 bridgehead atoms. The molecule has 1 aliphatic rings. The molecule has 0 saturated carbocycles. The zero-order valence-corrected chi connectivity index (χ0v) is 31.2. The summed E-state index contributed by atoms with van der Waals surface area (Å²) >= 11 is 0. The summed E-state index contributed by atoms with van der Waals surface area (Å²) in [6.45, 7) is 13.7. The van der Waals surface area contributed by atoms with Crippen molar-refractivity contribution in [1.82, 2.24) is 0 Å². The summed E-state index contributed by atoms with van der Waals surface area (Å²) in [6, 6.07) is 65.5. The van der Waals surface area contributed by atoms with E-state index in [-0.39, 0.29) is 18.3 Å². The minimum Gasteiger partial charge on any atom is -0.310 e. The Hall–Kier alpha value is -5.66. The SMILES string of the molecule is C.CC(C)(C)c1ccc(N(c2ccc(C(C)(C)C)cc2)c2cc3c(cc2-c2ccccc2)-c2ccccc2C3(c2ccccc2)c2ccccc2)cc1. The molecule has 0 N–H and O–H groups in total. The lowest BCUT2D eigenvalue weighted by Gasteiger charge is -2.35. The second-order valence-electron chi connectivity index (χ2n) is 16.2. The number of nitrogens with zero attached hydrogens (tertiary/aromatic N) is 1. The molecule has 53 heavy (non-hydrogen) atoms. The third-order valence-electron chi connectivity index (χ3n) is 10.9. The van der Waals surface area contributed by atoms with Crippen LogP contribution in [0.15, 0.2) is 176 Å². The Bertz CT molecular complexity index is 2220. The van der Waals surface area contributed by atoms with Gasteiger partial charge in [0.1, 0.15) is 0 Å². The summed E-state index contributed by atoms with van der Waals surface area (Å²) in [4.78, 5) is 2.48. The summed E-state index contributed by atoms with van der Waals surface area (Å²) in [5.74, 6) is 0. The third-order valence-corrected chi connectivity index (χ3v) is 10.9. The Morgan fingerprint density at radius 3 is 1.30 bits per heavy atom. The Morgan fingerprint density at radius 2 is 0.830 bits per heavy atom. The topological polar surface area (TPSA) is 3.24 Å². The first-order valence-corrected chi connectivity index (χ1v) is 18.5. The maximum absolute atomic E-state index is 2.51. The third kappa shape index (κ3) is 6.19. The number of hydrogen-bond donors (Lipinski definition) is 0. The summed E-state index contributed by atoms with van der Waals surface area (Å²) in [6.07, 6.45) is 0. The summed E-state index contributed by atoms with van der Waals surface area (Å²) < 4.78 is 0. The lowest BCUT2D eigenvalue weighted by atomic mass is 9.67. The molecule has 0 amide bonds. The van der Waals surface area contributed by atoms with E-state index >= 15 is 0 Å². The number of hydrogen-bond acceptors (Lipinski definition) is 1. The van der Waals surface area contributed by atoms with E-state index in [9.17, 15) is 0 Å². The molecule has 0 aliphatic heterocycles. The first-order chi connectivity index (χ1) is 25.1. The molecule has 0 aromatic heterocycles. The van der Waals surface area contributed by atoms with E-state index in [1.54, 1.807) is 0 Å². The fourth-order valence-corrected chi connectivity index (χ4v) is 8.16. The fraction of sp³-hybridized carbons (Fsp3) is 0.192. The van der Waals surface area contributed by atoms with Gasteiger partial charge in [-0.05, 0) is 97.3 Å². The minimum absolute atomic E-state index is 0. The van der Waals surface area contributed by atoms with E-state index in [0.29, 0.717) is 0 Å². The van der Waals surface area contributed by atoms with E-state index < -0.39 is 5.41 Å². The van der Waals surface area contributed by atoms with E-state index in [2.05, 4.69) is 222 Å². The molecule has 7 aromatic carbocycles. The van der Waals surface area contributed by atoms with Crippen LogP contribution in [0.3, 0.4) is 0 Å². The van der Waals surface area contributed by atoms with Crippen molar-refractivity contribution in [3.8, 4) is 22.3 Å². The zero-order chi connectivity index (χ0) is 36.1. The second kappa shape index (κ2) is 13.7. The fourth-order valence-electron chi connectivity index (χ4n) is 8.16. The van der Waals surface area contributed by atoms with Crippen LogP contribution in [0.1, 0.15) is 82.3 Å². The molecule has 8 rings (SSSR count). The average Bonchev–Trinajstić information content (AvgIpc) is 3.45. The van der Waals surface area contributed by atoms with Crippen LogP contribution in [0.2, 0.25) is 0 Å². The predicted molar refractivity (Wildman–Crippen MR) is 228 cm³/mol. The van der Waals surface area contributed by atoms with Crippen LogP contribution in [-0.4, -0.2) is 0 Å². The Kier molecular flexibility index (Phi) is 9.25. The molecule has 0 heterocycles. The molecule has 0 fully saturated rings. The van der Waals surface area contributed by atoms with Gasteiger partial charge in [-0.1, -0.05) is 188 Å². The molecule has 1 nitrogen and oxygen atoms in total. The van der Waals surface area contributed by atoms with Crippen LogP contribution in [0.4, 0.5) is 17.1 Å². The summed E-state index contributed by atoms with van der Waals surface area (Å²) in [5.41, 5.74) is 15.7. The first kappa shape index (κ1) is 35.7. The Balaban J connectivity index is 0.00000435. The van der Waals surface area contributed by atoms with Gasteiger partial charge in [-0.3, -0.25) is 0 Å². The number of anilines is 3. The normalized spacial score (nSPS) is 13.1. The van der Waals surface area contributed by atoms with Crippen molar-refractivity contribution in [3.05, 3.63) is 209 Å². The van der Waals surface area contributed by atoms with Crippen LogP contribution < -0.4 is 4.90 Å². The van der Waals surface area contributed by atoms with Gasteiger partial charge in [0.25, 0.3) is 0 Å². The highest BCUT2D eigenvalue weighted by molar-refractivity contribution is 5.96. The maximum Gasteiger partial charge on any atom is 0.0714 e. The molecule has 0 unspecified atom stereocenters. The van der Waals surface area contributed by atoms with Crippen LogP contribution in [0, 0.1) is 0 Å². The highest BCUT2D eigenvalue weighted by atomic mass is 15.1. The van der Waals surface area contributed by atoms with E-state index in [0.717, 1.165) is 17.1 Å². The van der Waals surface area contributed by atoms with Crippen LogP contribution in [-0.2, 0) is 16.2 Å². The molecule has 1 aliphatic carbocycles. The first-order valence-electron chi connectivity index (χ1n) is 18.5. The Labute approximate surface area is 317 Å². The molecule has 0 saturated heterocycles. The quantitative estimate of drug-likeness (QED) is 0.168. The maximum atomic E-state index is 2.51. The molecule has 0 radical (unpaired) electrons. The summed E-state index contributed by atoms with van der Waals surface area (Å²) in [5, 5.41) is 0. The van der Waals surface area contributed by atoms with E-state index in [4.69, 9.17) is 0 Å². The van der Waals surface area contributed by atoms with E-state index in [1.807, 2.05) is 0 Å². The van der Waals surface area contributed by atoms with Crippen LogP contribution >= 0.6 is 0 Å². The lowest BCUT2D eigenvalue weighted by Crippen LogP contribution is -2.28. The van der Waals surface area contributed by atoms with Gasteiger partial charge < -0.3 is 4.90 Å². The van der Waals surface area contributed by atoms with Gasteiger partial charge in [-0.25, -0.2) is 0 Å². The van der Waals surface area contributed by atoms with Gasteiger partial charge in [0.15, 0.2) is 0 Å². The van der Waals surface area contributed by atoms with Crippen molar-refractivity contribution >= 4 is 17.1 Å². The van der Waals surface area contributed by atoms with Crippen molar-refractivity contribution in [2.75, 3.05) is 4.90 Å². The van der Waals surface area contributed by atoms with Crippen molar-refractivity contribution in [3.63, 3.8) is 0 Å². The number of rotatable bonds is 6. The smallest absolute Gasteiger partial charge is 0.0714 e.